The van der Waals surface area contributed by atoms with Gasteiger partial charge >= 0.3 is 0 Å². The van der Waals surface area contributed by atoms with Gasteiger partial charge in [0.05, 0.1) is 10.9 Å². The summed E-state index contributed by atoms with van der Waals surface area (Å²) < 4.78 is 56.9. The van der Waals surface area contributed by atoms with Gasteiger partial charge in [-0.05, 0) is 57.3 Å². The fourth-order valence-corrected chi connectivity index (χ4v) is 5.54. The summed E-state index contributed by atoms with van der Waals surface area (Å²) in [6.07, 6.45) is 0. The highest BCUT2D eigenvalue weighted by Gasteiger charge is 2.31. The van der Waals surface area contributed by atoms with Crippen molar-refractivity contribution in [3.63, 3.8) is 0 Å². The van der Waals surface area contributed by atoms with Gasteiger partial charge in [-0.1, -0.05) is 0 Å². The highest BCUT2D eigenvalue weighted by molar-refractivity contribution is 14.1. The summed E-state index contributed by atoms with van der Waals surface area (Å²) in [5, 5.41) is 0. The van der Waals surface area contributed by atoms with Gasteiger partial charge in [-0.15, -0.1) is 0 Å². The molecule has 0 saturated carbocycles. The molecule has 3 rings (SSSR count). The normalized spacial score (nSPS) is 11.2. The van der Waals surface area contributed by atoms with Crippen molar-refractivity contribution in [2.24, 2.45) is 0 Å². The second-order valence-corrected chi connectivity index (χ2v) is 9.44. The van der Waals surface area contributed by atoms with Crippen molar-refractivity contribution in [3.05, 3.63) is 85.0 Å². The van der Waals surface area contributed by atoms with Crippen molar-refractivity contribution in [2.75, 3.05) is 0 Å². The van der Waals surface area contributed by atoms with Gasteiger partial charge in [0, 0.05) is 49.6 Å². The lowest BCUT2D eigenvalue weighted by Gasteiger charge is -2.10. The van der Waals surface area contributed by atoms with Crippen LogP contribution in [0.15, 0.2) is 69.3 Å². The van der Waals surface area contributed by atoms with E-state index in [-0.39, 0.29) is 0 Å². The van der Waals surface area contributed by atoms with Crippen LogP contribution in [0.25, 0.3) is 0 Å². The van der Waals surface area contributed by atoms with E-state index in [0.29, 0.717) is 9.79 Å². The number of hydrogen-bond acceptors (Lipinski definition) is 0. The fourth-order valence-electron chi connectivity index (χ4n) is 2.30. The van der Waals surface area contributed by atoms with Crippen molar-refractivity contribution in [1.82, 2.24) is 0 Å². The van der Waals surface area contributed by atoms with Gasteiger partial charge in [-0.2, -0.15) is 0 Å². The van der Waals surface area contributed by atoms with Gasteiger partial charge in [-0.3, -0.25) is 0 Å². The standard InChI is InChI=1S/C18H9F4I2S/c19-10-3-11(20)6-15(5-10)25(14-1-2-17(23)18(24)9-14)16-7-12(21)4-13(22)8-16/h1-9H/q+1. The van der Waals surface area contributed by atoms with Crippen molar-refractivity contribution in [3.8, 4) is 0 Å². The van der Waals surface area contributed by atoms with E-state index in [4.69, 9.17) is 0 Å². The van der Waals surface area contributed by atoms with Crippen molar-refractivity contribution in [1.29, 1.82) is 0 Å². The minimum atomic E-state index is -1.04. The molecule has 0 atom stereocenters. The topological polar surface area (TPSA) is 0 Å². The molecule has 0 amide bonds. The second kappa shape index (κ2) is 7.83. The molecule has 128 valence electrons. The van der Waals surface area contributed by atoms with E-state index < -0.39 is 34.2 Å². The number of rotatable bonds is 3. The van der Waals surface area contributed by atoms with E-state index in [1.807, 2.05) is 12.1 Å². The Morgan fingerprint density at radius 2 is 0.960 bits per heavy atom. The molecule has 3 aromatic carbocycles. The Morgan fingerprint density at radius 3 is 1.36 bits per heavy atom. The van der Waals surface area contributed by atoms with Gasteiger partial charge < -0.3 is 0 Å². The van der Waals surface area contributed by atoms with Crippen LogP contribution in [-0.2, 0) is 10.9 Å². The summed E-state index contributed by atoms with van der Waals surface area (Å²) in [5.74, 6) is -2.93. The van der Waals surface area contributed by atoms with Gasteiger partial charge in [0.2, 0.25) is 0 Å². The maximum atomic E-state index is 13.7. The third kappa shape index (κ3) is 4.48. The predicted molar refractivity (Wildman–Crippen MR) is 107 cm³/mol. The SMILES string of the molecule is Fc1cc(F)cc([S+](c2cc(F)cc(F)c2)c2ccc(I)c(I)c2)c1. The third-order valence-corrected chi connectivity index (χ3v) is 8.28. The van der Waals surface area contributed by atoms with Crippen molar-refractivity contribution >= 4 is 56.1 Å². The molecule has 7 heteroatoms. The van der Waals surface area contributed by atoms with Crippen LogP contribution in [0.3, 0.4) is 0 Å². The zero-order valence-corrected chi connectivity index (χ0v) is 17.5. The number of hydrogen-bond donors (Lipinski definition) is 0. The fraction of sp³-hybridized carbons (Fsp3) is 0. The summed E-state index contributed by atoms with van der Waals surface area (Å²) in [6, 6.07) is 11.8. The maximum Gasteiger partial charge on any atom is 0.172 e. The Bertz CT molecular complexity index is 854. The minimum Gasteiger partial charge on any atom is -0.207 e. The molecule has 0 aromatic heterocycles. The third-order valence-electron chi connectivity index (χ3n) is 3.27. The Labute approximate surface area is 172 Å². The molecule has 0 bridgehead atoms. The quantitative estimate of drug-likeness (QED) is 0.186. The largest absolute Gasteiger partial charge is 0.207 e. The average molecular weight is 587 g/mol. The highest BCUT2D eigenvalue weighted by atomic mass is 127. The smallest absolute Gasteiger partial charge is 0.172 e. The lowest BCUT2D eigenvalue weighted by Crippen LogP contribution is -2.07. The average Bonchev–Trinajstić information content (AvgIpc) is 2.49. The molecule has 0 unspecified atom stereocenters. The van der Waals surface area contributed by atoms with E-state index in [2.05, 4.69) is 45.2 Å². The van der Waals surface area contributed by atoms with Crippen LogP contribution in [0.4, 0.5) is 17.6 Å². The summed E-state index contributed by atoms with van der Waals surface area (Å²) in [4.78, 5) is 1.36. The molecule has 0 heterocycles. The van der Waals surface area contributed by atoms with Crippen LogP contribution in [0.5, 0.6) is 0 Å². The van der Waals surface area contributed by atoms with Crippen LogP contribution < -0.4 is 0 Å². The molecule has 3 aromatic rings. The van der Waals surface area contributed by atoms with Crippen molar-refractivity contribution < 1.29 is 17.6 Å². The molecule has 0 radical (unpaired) electrons. The molecule has 0 aliphatic rings. The lowest BCUT2D eigenvalue weighted by molar-refractivity contribution is 0.576. The summed E-state index contributed by atoms with van der Waals surface area (Å²) in [6.45, 7) is 0. The van der Waals surface area contributed by atoms with E-state index in [0.717, 1.165) is 24.2 Å². The molecule has 0 nitrogen and oxygen atoms in total. The molecular weight excluding hydrogens is 578 g/mol. The van der Waals surface area contributed by atoms with Crippen LogP contribution in [0.2, 0.25) is 0 Å². The van der Waals surface area contributed by atoms with Crippen LogP contribution >= 0.6 is 45.2 Å². The van der Waals surface area contributed by atoms with Crippen LogP contribution in [0, 0.1) is 30.4 Å². The van der Waals surface area contributed by atoms with Gasteiger partial charge in [0.1, 0.15) is 23.3 Å². The summed E-state index contributed by atoms with van der Waals surface area (Å²) in [7, 11) is -1.04. The monoisotopic (exact) mass is 587 g/mol. The zero-order valence-electron chi connectivity index (χ0n) is 12.4. The molecule has 0 fully saturated rings. The summed E-state index contributed by atoms with van der Waals surface area (Å²) in [5.41, 5.74) is 0. The Kier molecular flexibility index (Phi) is 5.94. The number of benzene rings is 3. The Balaban J connectivity index is 2.25. The molecule has 25 heavy (non-hydrogen) atoms. The maximum absolute atomic E-state index is 13.7. The van der Waals surface area contributed by atoms with Crippen LogP contribution in [-0.4, -0.2) is 0 Å². The lowest BCUT2D eigenvalue weighted by atomic mass is 10.3. The first-order chi connectivity index (χ1) is 11.8. The molecule has 0 aliphatic carbocycles. The van der Waals surface area contributed by atoms with Gasteiger partial charge in [0.25, 0.3) is 0 Å². The Hall–Kier alpha value is -0.810. The minimum absolute atomic E-state index is 0.319. The van der Waals surface area contributed by atoms with Gasteiger partial charge in [0.15, 0.2) is 14.7 Å². The first-order valence-corrected chi connectivity index (χ1v) is 10.3. The van der Waals surface area contributed by atoms with Crippen LogP contribution in [0.1, 0.15) is 0 Å². The molecule has 0 spiro atoms. The molecular formula is C18H9F4I2S+. The first-order valence-electron chi connectivity index (χ1n) is 6.95. The number of halogens is 6. The highest BCUT2D eigenvalue weighted by Crippen LogP contribution is 2.34. The zero-order chi connectivity index (χ0) is 18.1. The van der Waals surface area contributed by atoms with E-state index in [1.165, 1.54) is 24.3 Å². The second-order valence-electron chi connectivity index (χ2n) is 5.09. The predicted octanol–water partition coefficient (Wildman–Crippen LogP) is 6.55. The van der Waals surface area contributed by atoms with E-state index in [9.17, 15) is 17.6 Å². The molecule has 0 saturated heterocycles. The molecule has 0 N–H and O–H groups in total. The van der Waals surface area contributed by atoms with Crippen molar-refractivity contribution in [2.45, 2.75) is 14.7 Å². The van der Waals surface area contributed by atoms with E-state index >= 15 is 0 Å². The van der Waals surface area contributed by atoms with E-state index in [1.54, 1.807) is 6.07 Å². The summed E-state index contributed by atoms with van der Waals surface area (Å²) >= 11 is 4.32. The molecule has 0 aliphatic heterocycles. The first kappa shape index (κ1) is 19.0. The Morgan fingerprint density at radius 1 is 0.520 bits per heavy atom. The van der Waals surface area contributed by atoms with Gasteiger partial charge in [-0.25, -0.2) is 17.6 Å².